The molecular weight excluding hydrogens is 180 g/mol. The summed E-state index contributed by atoms with van der Waals surface area (Å²) in [6.45, 7) is 6.36. The Bertz CT molecular complexity index is 183. The van der Waals surface area contributed by atoms with Crippen molar-refractivity contribution in [1.82, 2.24) is 4.90 Å². The Hall–Kier alpha value is -0.610. The van der Waals surface area contributed by atoms with E-state index in [0.29, 0.717) is 6.61 Å². The highest BCUT2D eigenvalue weighted by atomic mass is 16.5. The number of ether oxygens (including phenoxy) is 1. The fraction of sp³-hybridized carbons (Fsp3) is 0.900. The minimum atomic E-state index is -0.417. The van der Waals surface area contributed by atoms with Gasteiger partial charge in [0.15, 0.2) is 0 Å². The summed E-state index contributed by atoms with van der Waals surface area (Å²) in [6, 6.07) is -0.350. The molecule has 2 unspecified atom stereocenters. The zero-order valence-corrected chi connectivity index (χ0v) is 9.78. The minimum Gasteiger partial charge on any atom is -0.383 e. The van der Waals surface area contributed by atoms with Gasteiger partial charge in [0.25, 0.3) is 0 Å². The number of amides is 1. The molecule has 4 nitrogen and oxygen atoms in total. The molecular formula is C10H22N2O2. The third-order valence-corrected chi connectivity index (χ3v) is 2.42. The Morgan fingerprint density at radius 3 is 2.29 bits per heavy atom. The van der Waals surface area contributed by atoms with Gasteiger partial charge >= 0.3 is 0 Å². The number of carbonyl (C=O) groups excluding carboxylic acids is 1. The van der Waals surface area contributed by atoms with Crippen LogP contribution < -0.4 is 5.73 Å². The van der Waals surface area contributed by atoms with Crippen LogP contribution in [0.1, 0.15) is 20.8 Å². The first-order chi connectivity index (χ1) is 6.41. The van der Waals surface area contributed by atoms with Crippen molar-refractivity contribution >= 4 is 5.91 Å². The van der Waals surface area contributed by atoms with Crippen molar-refractivity contribution in [3.8, 4) is 0 Å². The SMILES string of the molecule is COCC(C)N(C)C(=O)C(N)C(C)C. The van der Waals surface area contributed by atoms with Gasteiger partial charge in [-0.25, -0.2) is 0 Å². The van der Waals surface area contributed by atoms with Crippen LogP contribution in [0.2, 0.25) is 0 Å². The third kappa shape index (κ3) is 3.64. The summed E-state index contributed by atoms with van der Waals surface area (Å²) < 4.78 is 4.98. The lowest BCUT2D eigenvalue weighted by Gasteiger charge is -2.28. The maximum Gasteiger partial charge on any atom is 0.239 e. The van der Waals surface area contributed by atoms with E-state index >= 15 is 0 Å². The molecule has 14 heavy (non-hydrogen) atoms. The van der Waals surface area contributed by atoms with Crippen molar-refractivity contribution in [2.75, 3.05) is 20.8 Å². The molecule has 0 radical (unpaired) electrons. The van der Waals surface area contributed by atoms with Crippen LogP contribution >= 0.6 is 0 Å². The number of hydrogen-bond donors (Lipinski definition) is 1. The second kappa shape index (κ2) is 5.98. The summed E-state index contributed by atoms with van der Waals surface area (Å²) in [5.41, 5.74) is 5.76. The lowest BCUT2D eigenvalue weighted by molar-refractivity contribution is -0.134. The van der Waals surface area contributed by atoms with Gasteiger partial charge in [0.2, 0.25) is 5.91 Å². The Kier molecular flexibility index (Phi) is 5.72. The number of hydrogen-bond acceptors (Lipinski definition) is 3. The van der Waals surface area contributed by atoms with Crippen LogP contribution in [-0.4, -0.2) is 43.7 Å². The molecule has 1 amide bonds. The molecule has 0 rings (SSSR count). The number of methoxy groups -OCH3 is 1. The molecule has 0 bridgehead atoms. The monoisotopic (exact) mass is 202 g/mol. The molecule has 2 N–H and O–H groups in total. The van der Waals surface area contributed by atoms with Gasteiger partial charge in [-0.1, -0.05) is 13.8 Å². The standard InChI is InChI=1S/C10H22N2O2/c1-7(2)9(11)10(13)12(4)8(3)6-14-5/h7-9H,6,11H2,1-5H3. The first-order valence-corrected chi connectivity index (χ1v) is 4.93. The fourth-order valence-corrected chi connectivity index (χ4v) is 1.09. The van der Waals surface area contributed by atoms with Crippen LogP contribution in [0.3, 0.4) is 0 Å². The number of nitrogens with zero attached hydrogens (tertiary/aromatic N) is 1. The maximum atomic E-state index is 11.7. The summed E-state index contributed by atoms with van der Waals surface area (Å²) in [6.07, 6.45) is 0. The maximum absolute atomic E-state index is 11.7. The minimum absolute atomic E-state index is 0.0236. The van der Waals surface area contributed by atoms with Crippen LogP contribution in [0.15, 0.2) is 0 Å². The van der Waals surface area contributed by atoms with E-state index in [2.05, 4.69) is 0 Å². The van der Waals surface area contributed by atoms with Gasteiger partial charge in [-0.3, -0.25) is 4.79 Å². The van der Waals surface area contributed by atoms with Crippen molar-refractivity contribution in [2.24, 2.45) is 11.7 Å². The van der Waals surface area contributed by atoms with E-state index in [1.807, 2.05) is 20.8 Å². The Balaban J connectivity index is 4.23. The largest absolute Gasteiger partial charge is 0.383 e. The predicted octanol–water partition coefficient (Wildman–Crippen LogP) is 0.463. The molecule has 0 fully saturated rings. The second-order valence-corrected chi connectivity index (χ2v) is 4.02. The molecule has 0 aliphatic carbocycles. The van der Waals surface area contributed by atoms with Gasteiger partial charge in [0.05, 0.1) is 18.7 Å². The quantitative estimate of drug-likeness (QED) is 0.705. The van der Waals surface area contributed by atoms with E-state index in [1.165, 1.54) is 0 Å². The van der Waals surface area contributed by atoms with Gasteiger partial charge in [-0.05, 0) is 12.8 Å². The topological polar surface area (TPSA) is 55.6 Å². The van der Waals surface area contributed by atoms with Crippen LogP contribution in [0.4, 0.5) is 0 Å². The first kappa shape index (κ1) is 13.4. The Morgan fingerprint density at radius 1 is 1.43 bits per heavy atom. The van der Waals surface area contributed by atoms with Crippen LogP contribution in [0, 0.1) is 5.92 Å². The third-order valence-electron chi connectivity index (χ3n) is 2.42. The highest BCUT2D eigenvalue weighted by Gasteiger charge is 2.23. The van der Waals surface area contributed by atoms with Crippen LogP contribution in [0.25, 0.3) is 0 Å². The molecule has 0 aromatic carbocycles. The van der Waals surface area contributed by atoms with E-state index in [-0.39, 0.29) is 17.9 Å². The lowest BCUT2D eigenvalue weighted by atomic mass is 10.0. The zero-order valence-electron chi connectivity index (χ0n) is 9.78. The molecule has 0 saturated carbocycles. The molecule has 2 atom stereocenters. The first-order valence-electron chi connectivity index (χ1n) is 4.93. The molecule has 4 heteroatoms. The molecule has 84 valence electrons. The summed E-state index contributed by atoms with van der Waals surface area (Å²) in [7, 11) is 3.38. The van der Waals surface area contributed by atoms with Gasteiger partial charge in [-0.15, -0.1) is 0 Å². The Labute approximate surface area is 86.4 Å². The molecule has 0 saturated heterocycles. The van der Waals surface area contributed by atoms with Gasteiger partial charge < -0.3 is 15.4 Å². The van der Waals surface area contributed by atoms with Crippen LogP contribution in [0.5, 0.6) is 0 Å². The van der Waals surface area contributed by atoms with Gasteiger partial charge in [0.1, 0.15) is 0 Å². The average Bonchev–Trinajstić information content (AvgIpc) is 2.14. The average molecular weight is 202 g/mol. The molecule has 0 aliphatic heterocycles. The van der Waals surface area contributed by atoms with Crippen molar-refractivity contribution in [2.45, 2.75) is 32.9 Å². The van der Waals surface area contributed by atoms with Crippen molar-refractivity contribution in [1.29, 1.82) is 0 Å². The number of carbonyl (C=O) groups is 1. The molecule has 0 spiro atoms. The number of nitrogens with two attached hydrogens (primary N) is 1. The highest BCUT2D eigenvalue weighted by Crippen LogP contribution is 2.05. The summed E-state index contributed by atoms with van der Waals surface area (Å²) in [5, 5.41) is 0. The van der Waals surface area contributed by atoms with Crippen molar-refractivity contribution < 1.29 is 9.53 Å². The van der Waals surface area contributed by atoms with Crippen LogP contribution in [-0.2, 0) is 9.53 Å². The highest BCUT2D eigenvalue weighted by molar-refractivity contribution is 5.81. The second-order valence-electron chi connectivity index (χ2n) is 4.02. The molecule has 0 aromatic heterocycles. The van der Waals surface area contributed by atoms with E-state index in [0.717, 1.165) is 0 Å². The summed E-state index contributed by atoms with van der Waals surface area (Å²) >= 11 is 0. The predicted molar refractivity (Wildman–Crippen MR) is 56.9 cm³/mol. The smallest absolute Gasteiger partial charge is 0.239 e. The molecule has 0 aromatic rings. The number of rotatable bonds is 5. The fourth-order valence-electron chi connectivity index (χ4n) is 1.09. The molecule has 0 aliphatic rings. The normalized spacial score (nSPS) is 15.4. The van der Waals surface area contributed by atoms with E-state index in [1.54, 1.807) is 19.1 Å². The van der Waals surface area contributed by atoms with Crippen molar-refractivity contribution in [3.05, 3.63) is 0 Å². The summed E-state index contributed by atoms with van der Waals surface area (Å²) in [4.78, 5) is 13.4. The summed E-state index contributed by atoms with van der Waals surface area (Å²) in [5.74, 6) is 0.143. The van der Waals surface area contributed by atoms with Crippen molar-refractivity contribution in [3.63, 3.8) is 0 Å². The van der Waals surface area contributed by atoms with E-state index in [4.69, 9.17) is 10.5 Å². The van der Waals surface area contributed by atoms with Gasteiger partial charge in [0, 0.05) is 14.2 Å². The van der Waals surface area contributed by atoms with Gasteiger partial charge in [-0.2, -0.15) is 0 Å². The van der Waals surface area contributed by atoms with E-state index in [9.17, 15) is 4.79 Å². The molecule has 0 heterocycles. The zero-order chi connectivity index (χ0) is 11.3. The number of likely N-dealkylation sites (N-methyl/N-ethyl adjacent to an activating group) is 1. The van der Waals surface area contributed by atoms with E-state index < -0.39 is 6.04 Å². The lowest BCUT2D eigenvalue weighted by Crippen LogP contribution is -2.49. The Morgan fingerprint density at radius 2 is 1.93 bits per heavy atom.